The van der Waals surface area contributed by atoms with Gasteiger partial charge in [-0.25, -0.2) is 4.79 Å². The molecule has 1 aromatic rings. The summed E-state index contributed by atoms with van der Waals surface area (Å²) in [5.74, 6) is 0.902. The van der Waals surface area contributed by atoms with Gasteiger partial charge in [0.05, 0.1) is 13.1 Å². The van der Waals surface area contributed by atoms with Gasteiger partial charge in [0.25, 0.3) is 0 Å². The van der Waals surface area contributed by atoms with Crippen LogP contribution in [0.3, 0.4) is 0 Å². The fourth-order valence-electron chi connectivity index (χ4n) is 2.84. The Balaban J connectivity index is 1.66. The lowest BCUT2D eigenvalue weighted by Crippen LogP contribution is -2.44. The van der Waals surface area contributed by atoms with Gasteiger partial charge >= 0.3 is 6.03 Å². The number of carbonyl (C=O) groups excluding carboxylic acids is 1. The largest absolute Gasteiger partial charge is 0.491 e. The molecule has 1 saturated carbocycles. The summed E-state index contributed by atoms with van der Waals surface area (Å²) in [5.41, 5.74) is 1.08. The molecule has 0 atom stereocenters. The summed E-state index contributed by atoms with van der Waals surface area (Å²) in [4.78, 5) is 14.1. The van der Waals surface area contributed by atoms with Crippen molar-refractivity contribution in [2.45, 2.75) is 38.3 Å². The van der Waals surface area contributed by atoms with E-state index in [4.69, 9.17) is 4.74 Å². The summed E-state index contributed by atoms with van der Waals surface area (Å²) in [6.45, 7) is 1.84. The molecule has 1 N–H and O–H groups in total. The molecule has 0 bridgehead atoms. The second kappa shape index (κ2) is 5.51. The molecule has 0 radical (unpaired) electrons. The van der Waals surface area contributed by atoms with Crippen LogP contribution in [-0.2, 0) is 6.54 Å². The lowest BCUT2D eigenvalue weighted by Gasteiger charge is -2.23. The highest BCUT2D eigenvalue weighted by atomic mass is 16.5. The summed E-state index contributed by atoms with van der Waals surface area (Å²) < 4.78 is 5.68. The van der Waals surface area contributed by atoms with E-state index in [2.05, 4.69) is 5.32 Å². The number of hydrogen-bond donors (Lipinski definition) is 1. The Morgan fingerprint density at radius 1 is 1.26 bits per heavy atom. The van der Waals surface area contributed by atoms with Crippen LogP contribution in [0.4, 0.5) is 4.79 Å². The number of nitrogens with zero attached hydrogens (tertiary/aromatic N) is 1. The zero-order valence-electron chi connectivity index (χ0n) is 11.1. The van der Waals surface area contributed by atoms with Crippen LogP contribution in [0.5, 0.6) is 5.75 Å². The number of urea groups is 1. The number of para-hydroxylation sites is 1. The molecule has 1 aliphatic heterocycles. The minimum Gasteiger partial charge on any atom is -0.491 e. The first-order chi connectivity index (χ1) is 9.33. The Labute approximate surface area is 113 Å². The molecular weight excluding hydrogens is 240 g/mol. The van der Waals surface area contributed by atoms with E-state index >= 15 is 0 Å². The minimum atomic E-state index is 0.0483. The van der Waals surface area contributed by atoms with Gasteiger partial charge < -0.3 is 15.0 Å². The van der Waals surface area contributed by atoms with Gasteiger partial charge in [0, 0.05) is 11.6 Å². The molecule has 1 aliphatic carbocycles. The van der Waals surface area contributed by atoms with E-state index in [1.54, 1.807) is 0 Å². The van der Waals surface area contributed by atoms with Crippen molar-refractivity contribution < 1.29 is 9.53 Å². The second-order valence-corrected chi connectivity index (χ2v) is 5.31. The number of rotatable bonds is 1. The van der Waals surface area contributed by atoms with Crippen LogP contribution in [-0.4, -0.2) is 30.1 Å². The molecular formula is C15H20N2O2. The van der Waals surface area contributed by atoms with E-state index in [-0.39, 0.29) is 6.03 Å². The van der Waals surface area contributed by atoms with Crippen molar-refractivity contribution in [3.63, 3.8) is 0 Å². The number of carbonyl (C=O) groups is 1. The number of nitrogens with one attached hydrogen (secondary N) is 1. The van der Waals surface area contributed by atoms with Crippen molar-refractivity contribution in [3.8, 4) is 5.75 Å². The van der Waals surface area contributed by atoms with Crippen LogP contribution in [0.25, 0.3) is 0 Å². The number of benzene rings is 1. The average molecular weight is 260 g/mol. The highest BCUT2D eigenvalue weighted by molar-refractivity contribution is 5.74. The first kappa shape index (κ1) is 12.3. The molecule has 102 valence electrons. The van der Waals surface area contributed by atoms with Crippen molar-refractivity contribution in [2.75, 3.05) is 13.2 Å². The van der Waals surface area contributed by atoms with E-state index in [9.17, 15) is 4.79 Å². The van der Waals surface area contributed by atoms with Gasteiger partial charge in [-0.15, -0.1) is 0 Å². The zero-order valence-corrected chi connectivity index (χ0v) is 11.1. The van der Waals surface area contributed by atoms with E-state index in [0.29, 0.717) is 25.7 Å². The summed E-state index contributed by atoms with van der Waals surface area (Å²) in [7, 11) is 0. The second-order valence-electron chi connectivity index (χ2n) is 5.31. The SMILES string of the molecule is O=C(NC1CCCC1)N1CCOc2ccccc2C1. The molecule has 3 rings (SSSR count). The molecule has 2 aliphatic rings. The minimum absolute atomic E-state index is 0.0483. The van der Waals surface area contributed by atoms with Gasteiger partial charge in [-0.05, 0) is 18.9 Å². The molecule has 1 heterocycles. The summed E-state index contributed by atoms with van der Waals surface area (Å²) >= 11 is 0. The topological polar surface area (TPSA) is 41.6 Å². The molecule has 0 saturated heterocycles. The molecule has 2 amide bonds. The summed E-state index contributed by atoms with van der Waals surface area (Å²) in [6.07, 6.45) is 4.70. The van der Waals surface area contributed by atoms with E-state index in [1.807, 2.05) is 29.2 Å². The van der Waals surface area contributed by atoms with Crippen LogP contribution in [0.15, 0.2) is 24.3 Å². The van der Waals surface area contributed by atoms with E-state index in [1.165, 1.54) is 12.8 Å². The Bertz CT molecular complexity index is 455. The fourth-order valence-corrected chi connectivity index (χ4v) is 2.84. The van der Waals surface area contributed by atoms with E-state index in [0.717, 1.165) is 24.2 Å². The Morgan fingerprint density at radius 3 is 2.89 bits per heavy atom. The Morgan fingerprint density at radius 2 is 2.05 bits per heavy atom. The maximum atomic E-state index is 12.3. The normalized spacial score (nSPS) is 19.5. The van der Waals surface area contributed by atoms with Gasteiger partial charge in [-0.3, -0.25) is 0 Å². The summed E-state index contributed by atoms with van der Waals surface area (Å²) in [5, 5.41) is 3.14. The van der Waals surface area contributed by atoms with Gasteiger partial charge in [-0.2, -0.15) is 0 Å². The quantitative estimate of drug-likeness (QED) is 0.843. The van der Waals surface area contributed by atoms with Crippen molar-refractivity contribution in [3.05, 3.63) is 29.8 Å². The average Bonchev–Trinajstić information content (AvgIpc) is 2.82. The van der Waals surface area contributed by atoms with Crippen LogP contribution in [0.2, 0.25) is 0 Å². The standard InChI is InChI=1S/C15H20N2O2/c18-15(16-13-6-2-3-7-13)17-9-10-19-14-8-4-1-5-12(14)11-17/h1,4-5,8,13H,2-3,6-7,9-11H2,(H,16,18). The third kappa shape index (κ3) is 2.83. The monoisotopic (exact) mass is 260 g/mol. The highest BCUT2D eigenvalue weighted by Crippen LogP contribution is 2.23. The Kier molecular flexibility index (Phi) is 3.58. The third-order valence-electron chi connectivity index (χ3n) is 3.92. The van der Waals surface area contributed by atoms with Crippen LogP contribution < -0.4 is 10.1 Å². The predicted molar refractivity (Wildman–Crippen MR) is 73.1 cm³/mol. The lowest BCUT2D eigenvalue weighted by molar-refractivity contribution is 0.184. The van der Waals surface area contributed by atoms with Crippen LogP contribution in [0, 0.1) is 0 Å². The van der Waals surface area contributed by atoms with Crippen LogP contribution in [0.1, 0.15) is 31.2 Å². The smallest absolute Gasteiger partial charge is 0.318 e. The first-order valence-corrected chi connectivity index (χ1v) is 7.09. The molecule has 0 unspecified atom stereocenters. The molecule has 4 nitrogen and oxygen atoms in total. The summed E-state index contributed by atoms with van der Waals surface area (Å²) in [6, 6.07) is 8.36. The van der Waals surface area contributed by atoms with Crippen molar-refractivity contribution in [2.24, 2.45) is 0 Å². The molecule has 19 heavy (non-hydrogen) atoms. The number of fused-ring (bicyclic) bond motifs is 1. The van der Waals surface area contributed by atoms with Gasteiger partial charge in [-0.1, -0.05) is 31.0 Å². The molecule has 1 aromatic carbocycles. The van der Waals surface area contributed by atoms with Crippen molar-refractivity contribution >= 4 is 6.03 Å². The zero-order chi connectivity index (χ0) is 13.1. The molecule has 0 spiro atoms. The van der Waals surface area contributed by atoms with E-state index < -0.39 is 0 Å². The molecule has 0 aromatic heterocycles. The van der Waals surface area contributed by atoms with Gasteiger partial charge in [0.15, 0.2) is 0 Å². The molecule has 1 fully saturated rings. The maximum absolute atomic E-state index is 12.3. The fraction of sp³-hybridized carbons (Fsp3) is 0.533. The van der Waals surface area contributed by atoms with Crippen molar-refractivity contribution in [1.29, 1.82) is 0 Å². The Hall–Kier alpha value is -1.71. The highest BCUT2D eigenvalue weighted by Gasteiger charge is 2.23. The number of amides is 2. The van der Waals surface area contributed by atoms with Gasteiger partial charge in [0.1, 0.15) is 12.4 Å². The first-order valence-electron chi connectivity index (χ1n) is 7.09. The van der Waals surface area contributed by atoms with Crippen molar-refractivity contribution in [1.82, 2.24) is 10.2 Å². The number of ether oxygens (including phenoxy) is 1. The maximum Gasteiger partial charge on any atom is 0.318 e. The predicted octanol–water partition coefficient (Wildman–Crippen LogP) is 2.53. The van der Waals surface area contributed by atoms with Gasteiger partial charge in [0.2, 0.25) is 0 Å². The van der Waals surface area contributed by atoms with Crippen LogP contribution >= 0.6 is 0 Å². The lowest BCUT2D eigenvalue weighted by atomic mass is 10.2. The number of hydrogen-bond acceptors (Lipinski definition) is 2. The third-order valence-corrected chi connectivity index (χ3v) is 3.92. The molecule has 4 heteroatoms.